The summed E-state index contributed by atoms with van der Waals surface area (Å²) >= 11 is 1.29. The summed E-state index contributed by atoms with van der Waals surface area (Å²) in [5, 5.41) is 19.7. The Morgan fingerprint density at radius 2 is 1.91 bits per heavy atom. The van der Waals surface area contributed by atoms with Gasteiger partial charge in [-0.25, -0.2) is 4.98 Å². The van der Waals surface area contributed by atoms with Crippen molar-refractivity contribution in [3.63, 3.8) is 0 Å². The first-order chi connectivity index (χ1) is 16.5. The molecule has 10 heteroatoms. The summed E-state index contributed by atoms with van der Waals surface area (Å²) < 4.78 is 12.4. The van der Waals surface area contributed by atoms with Crippen LogP contribution >= 0.6 is 11.8 Å². The second kappa shape index (κ2) is 10.0. The van der Waals surface area contributed by atoms with Crippen molar-refractivity contribution in [3.8, 4) is 17.2 Å². The van der Waals surface area contributed by atoms with Gasteiger partial charge in [-0.15, -0.1) is 0 Å². The monoisotopic (exact) mass is 478 g/mol. The fourth-order valence-electron chi connectivity index (χ4n) is 3.59. The summed E-state index contributed by atoms with van der Waals surface area (Å²) in [4.78, 5) is 17.9. The van der Waals surface area contributed by atoms with E-state index in [1.807, 2.05) is 50.2 Å². The highest BCUT2D eigenvalue weighted by Crippen LogP contribution is 2.30. The predicted molar refractivity (Wildman–Crippen MR) is 132 cm³/mol. The molecular formula is C24H26N6O3S. The summed E-state index contributed by atoms with van der Waals surface area (Å²) in [5.41, 5.74) is 2.78. The number of para-hydroxylation sites is 2. The van der Waals surface area contributed by atoms with Gasteiger partial charge in [-0.1, -0.05) is 30.8 Å². The fourth-order valence-corrected chi connectivity index (χ4v) is 4.62. The van der Waals surface area contributed by atoms with E-state index < -0.39 is 5.25 Å². The van der Waals surface area contributed by atoms with Gasteiger partial charge < -0.3 is 14.8 Å². The maximum atomic E-state index is 13.2. The Hall–Kier alpha value is -3.79. The number of benzene rings is 2. The van der Waals surface area contributed by atoms with E-state index in [0.717, 1.165) is 11.4 Å². The third kappa shape index (κ3) is 4.49. The zero-order valence-corrected chi connectivity index (χ0v) is 20.2. The number of aryl methyl sites for hydroxylation is 1. The molecule has 0 saturated carbocycles. The van der Waals surface area contributed by atoms with Gasteiger partial charge in [0.2, 0.25) is 5.91 Å². The third-order valence-electron chi connectivity index (χ3n) is 5.39. The number of ether oxygens (including phenoxy) is 2. The molecule has 4 rings (SSSR count). The minimum Gasteiger partial charge on any atom is -0.497 e. The Morgan fingerprint density at radius 1 is 1.18 bits per heavy atom. The van der Waals surface area contributed by atoms with Gasteiger partial charge in [0.1, 0.15) is 17.0 Å². The van der Waals surface area contributed by atoms with E-state index in [0.29, 0.717) is 39.8 Å². The van der Waals surface area contributed by atoms with Gasteiger partial charge in [0.05, 0.1) is 30.5 Å². The molecule has 0 aliphatic carbocycles. The average Bonchev–Trinajstić information content (AvgIpc) is 3.23. The first-order valence-corrected chi connectivity index (χ1v) is 11.6. The fraction of sp³-hybridized carbons (Fsp3) is 0.250. The maximum absolute atomic E-state index is 13.2. The van der Waals surface area contributed by atoms with Crippen LogP contribution in [-0.2, 0) is 4.79 Å². The predicted octanol–water partition coefficient (Wildman–Crippen LogP) is 4.06. The number of methoxy groups -OCH3 is 2. The Labute approximate surface area is 201 Å². The molecule has 2 aromatic carbocycles. The minimum absolute atomic E-state index is 0.176. The van der Waals surface area contributed by atoms with Crippen LogP contribution in [-0.4, -0.2) is 45.1 Å². The molecule has 9 nitrogen and oxygen atoms in total. The minimum atomic E-state index is -0.459. The largest absolute Gasteiger partial charge is 0.497 e. The molecule has 1 amide bonds. The van der Waals surface area contributed by atoms with Crippen LogP contribution in [0.2, 0.25) is 0 Å². The molecule has 1 unspecified atom stereocenters. The molecule has 4 aromatic rings. The van der Waals surface area contributed by atoms with Gasteiger partial charge in [0.25, 0.3) is 0 Å². The molecule has 0 radical (unpaired) electrons. The van der Waals surface area contributed by atoms with E-state index in [1.54, 1.807) is 30.9 Å². The van der Waals surface area contributed by atoms with Gasteiger partial charge in [-0.05, 0) is 49.7 Å². The lowest BCUT2D eigenvalue weighted by atomic mass is 10.2. The standard InChI is InChI=1S/C24H26N6O3S/c1-5-19(23(31)26-17-8-6-7-9-18(17)33-4)34-24-27-22-20(14(2)28-29-22)21(25)30(24)15-10-12-16(32-3)13-11-15/h6-13,19,25H,5H2,1-4H3,(H,26,31)(H,28,29). The van der Waals surface area contributed by atoms with Gasteiger partial charge in [0, 0.05) is 11.4 Å². The Balaban J connectivity index is 1.74. The molecule has 0 fully saturated rings. The highest BCUT2D eigenvalue weighted by atomic mass is 32.2. The molecule has 0 spiro atoms. The quantitative estimate of drug-likeness (QED) is 0.260. The molecule has 2 aromatic heterocycles. The summed E-state index contributed by atoms with van der Waals surface area (Å²) in [6, 6.07) is 14.7. The van der Waals surface area contributed by atoms with Crippen molar-refractivity contribution in [1.82, 2.24) is 19.7 Å². The molecule has 2 heterocycles. The second-order valence-electron chi connectivity index (χ2n) is 7.53. The number of rotatable bonds is 8. The normalized spacial score (nSPS) is 11.9. The van der Waals surface area contributed by atoms with E-state index in [1.165, 1.54) is 11.8 Å². The van der Waals surface area contributed by atoms with Crippen molar-refractivity contribution in [1.29, 1.82) is 5.41 Å². The molecular weight excluding hydrogens is 452 g/mol. The Kier molecular flexibility index (Phi) is 6.87. The van der Waals surface area contributed by atoms with Crippen molar-refractivity contribution in [2.45, 2.75) is 30.7 Å². The number of anilines is 1. The van der Waals surface area contributed by atoms with Crippen molar-refractivity contribution in [2.75, 3.05) is 19.5 Å². The van der Waals surface area contributed by atoms with Crippen LogP contribution in [0.25, 0.3) is 16.7 Å². The molecule has 0 saturated heterocycles. The summed E-state index contributed by atoms with van der Waals surface area (Å²) in [5.74, 6) is 1.12. The van der Waals surface area contributed by atoms with E-state index in [4.69, 9.17) is 19.9 Å². The number of nitrogens with zero attached hydrogens (tertiary/aromatic N) is 3. The van der Waals surface area contributed by atoms with Crippen LogP contribution in [0.1, 0.15) is 19.0 Å². The van der Waals surface area contributed by atoms with Crippen LogP contribution in [0.5, 0.6) is 11.5 Å². The smallest absolute Gasteiger partial charge is 0.238 e. The lowest BCUT2D eigenvalue weighted by Crippen LogP contribution is -2.28. The molecule has 0 aliphatic rings. The van der Waals surface area contributed by atoms with Gasteiger partial charge >= 0.3 is 0 Å². The number of nitrogens with one attached hydrogen (secondary N) is 3. The average molecular weight is 479 g/mol. The van der Waals surface area contributed by atoms with Crippen LogP contribution in [0, 0.1) is 12.3 Å². The zero-order chi connectivity index (χ0) is 24.2. The number of carbonyl (C=O) groups is 1. The first kappa shape index (κ1) is 23.4. The number of amides is 1. The highest BCUT2D eigenvalue weighted by molar-refractivity contribution is 8.00. The number of hydrogen-bond acceptors (Lipinski definition) is 7. The number of aromatic amines is 1. The van der Waals surface area contributed by atoms with Crippen LogP contribution in [0.4, 0.5) is 5.69 Å². The highest BCUT2D eigenvalue weighted by Gasteiger charge is 2.24. The maximum Gasteiger partial charge on any atom is 0.238 e. The zero-order valence-electron chi connectivity index (χ0n) is 19.4. The second-order valence-corrected chi connectivity index (χ2v) is 8.70. The molecule has 0 aliphatic heterocycles. The summed E-state index contributed by atoms with van der Waals surface area (Å²) in [7, 11) is 3.17. The van der Waals surface area contributed by atoms with Gasteiger partial charge in [-0.2, -0.15) is 5.10 Å². The summed E-state index contributed by atoms with van der Waals surface area (Å²) in [6.45, 7) is 3.80. The molecule has 1 atom stereocenters. The first-order valence-electron chi connectivity index (χ1n) is 10.7. The molecule has 34 heavy (non-hydrogen) atoms. The molecule has 0 bridgehead atoms. The van der Waals surface area contributed by atoms with Gasteiger partial charge in [-0.3, -0.25) is 19.9 Å². The summed E-state index contributed by atoms with van der Waals surface area (Å²) in [6.07, 6.45) is 0.556. The lowest BCUT2D eigenvalue weighted by molar-refractivity contribution is -0.115. The number of H-pyrrole nitrogens is 1. The number of hydrogen-bond donors (Lipinski definition) is 3. The van der Waals surface area contributed by atoms with Gasteiger partial charge in [0.15, 0.2) is 10.8 Å². The van der Waals surface area contributed by atoms with Crippen molar-refractivity contribution in [3.05, 3.63) is 59.7 Å². The van der Waals surface area contributed by atoms with Crippen LogP contribution < -0.4 is 20.3 Å². The molecule has 3 N–H and O–H groups in total. The van der Waals surface area contributed by atoms with E-state index in [9.17, 15) is 4.79 Å². The van der Waals surface area contributed by atoms with E-state index >= 15 is 0 Å². The number of fused-ring (bicyclic) bond motifs is 1. The van der Waals surface area contributed by atoms with Crippen LogP contribution in [0.15, 0.2) is 53.7 Å². The topological polar surface area (TPSA) is 118 Å². The van der Waals surface area contributed by atoms with Crippen molar-refractivity contribution >= 4 is 34.4 Å². The van der Waals surface area contributed by atoms with Crippen LogP contribution in [0.3, 0.4) is 0 Å². The Bertz CT molecular complexity index is 1380. The van der Waals surface area contributed by atoms with E-state index in [2.05, 4.69) is 15.5 Å². The molecule has 176 valence electrons. The number of thioether (sulfide) groups is 1. The number of carbonyl (C=O) groups excluding carboxylic acids is 1. The number of aromatic nitrogens is 4. The van der Waals surface area contributed by atoms with Crippen molar-refractivity contribution < 1.29 is 14.3 Å². The van der Waals surface area contributed by atoms with E-state index in [-0.39, 0.29) is 11.4 Å². The van der Waals surface area contributed by atoms with Crippen molar-refractivity contribution in [2.24, 2.45) is 0 Å². The SMILES string of the molecule is CCC(Sc1nc2n[nH]c(C)c2c(=N)n1-c1ccc(OC)cc1)C(=O)Nc1ccccc1OC. The lowest BCUT2D eigenvalue weighted by Gasteiger charge is -2.19. The Morgan fingerprint density at radius 3 is 2.59 bits per heavy atom. The third-order valence-corrected chi connectivity index (χ3v) is 6.70.